The third kappa shape index (κ3) is 9.72. The van der Waals surface area contributed by atoms with Gasteiger partial charge in [-0.2, -0.15) is 0 Å². The molecule has 1 amide bonds. The minimum atomic E-state index is -1.43. The number of likely N-dealkylation sites (N-methyl/N-ethyl adjacent to an activating group) is 1. The van der Waals surface area contributed by atoms with E-state index in [-0.39, 0.29) is 32.5 Å². The van der Waals surface area contributed by atoms with E-state index in [1.165, 1.54) is 26.0 Å². The Balaban J connectivity index is 1.73. The Labute approximate surface area is 329 Å². The second-order valence-electron chi connectivity index (χ2n) is 15.6. The first-order valence-electron chi connectivity index (χ1n) is 19.3. The molecule has 13 atom stereocenters. The summed E-state index contributed by atoms with van der Waals surface area (Å²) in [4.78, 5) is 61.0. The predicted molar refractivity (Wildman–Crippen MR) is 203 cm³/mol. The van der Waals surface area contributed by atoms with Crippen molar-refractivity contribution in [2.75, 3.05) is 20.8 Å². The van der Waals surface area contributed by atoms with Gasteiger partial charge < -0.3 is 48.0 Å². The average molecular weight is 789 g/mol. The number of aliphatic hydroxyl groups is 1. The number of cyclic esters (lactones) is 1. The molecule has 15 heteroatoms. The number of methoxy groups -OCH3 is 1. The van der Waals surface area contributed by atoms with Gasteiger partial charge in [0.15, 0.2) is 23.8 Å². The minimum absolute atomic E-state index is 0.0441. The van der Waals surface area contributed by atoms with E-state index in [4.69, 9.17) is 38.0 Å². The Morgan fingerprint density at radius 3 is 2.38 bits per heavy atom. The van der Waals surface area contributed by atoms with Crippen molar-refractivity contribution < 1.29 is 62.3 Å². The third-order valence-electron chi connectivity index (χ3n) is 11.5. The molecule has 3 aliphatic heterocycles. The zero-order valence-electron chi connectivity index (χ0n) is 34.3. The number of oxime groups is 1. The number of Topliss-reactive ketones (excluding diaryl/α,β-unsaturated/α-hetero) is 1. The Hall–Kier alpha value is -4.05. The molecule has 0 aromatic heterocycles. The summed E-state index contributed by atoms with van der Waals surface area (Å²) in [6.45, 7) is 17.6. The van der Waals surface area contributed by atoms with Crippen molar-refractivity contribution in [3.63, 3.8) is 0 Å². The van der Waals surface area contributed by atoms with Crippen LogP contribution >= 0.6 is 0 Å². The molecule has 1 aromatic carbocycles. The maximum Gasteiger partial charge on any atom is 0.509 e. The highest BCUT2D eigenvalue weighted by Crippen LogP contribution is 2.42. The molecule has 0 unspecified atom stereocenters. The van der Waals surface area contributed by atoms with E-state index in [9.17, 15) is 24.3 Å². The van der Waals surface area contributed by atoms with Crippen LogP contribution in [0.5, 0.6) is 0 Å². The van der Waals surface area contributed by atoms with E-state index in [1.807, 2.05) is 44.2 Å². The van der Waals surface area contributed by atoms with E-state index < -0.39 is 102 Å². The molecule has 312 valence electrons. The number of aliphatic hydroxyl groups excluding tert-OH is 1. The molecule has 3 saturated heterocycles. The van der Waals surface area contributed by atoms with Crippen molar-refractivity contribution in [2.45, 2.75) is 135 Å². The summed E-state index contributed by atoms with van der Waals surface area (Å²) >= 11 is 0. The molecule has 3 heterocycles. The van der Waals surface area contributed by atoms with Crippen molar-refractivity contribution in [1.82, 2.24) is 4.90 Å². The number of benzene rings is 1. The molecule has 0 spiro atoms. The topological polar surface area (TPSA) is 178 Å². The number of esters is 1. The maximum absolute atomic E-state index is 14.3. The summed E-state index contributed by atoms with van der Waals surface area (Å²) in [5.41, 5.74) is -1.45. The molecule has 0 bridgehead atoms. The molecular weight excluding hydrogens is 728 g/mol. The van der Waals surface area contributed by atoms with Crippen LogP contribution < -0.4 is 0 Å². The number of ether oxygens (including phenoxy) is 7. The zero-order chi connectivity index (χ0) is 41.5. The Bertz CT molecular complexity index is 1570. The van der Waals surface area contributed by atoms with Crippen LogP contribution in [-0.2, 0) is 54.2 Å². The quantitative estimate of drug-likeness (QED) is 0.0775. The SMILES string of the molecule is C=CCO/N=C1\[C@H](C)C[C@](C)(OC)[C@H](O[C@@H]2O[C@H](C)C[C@H](N(C)C(=O)OCc3ccccc3)[C@H]2O)[C@@H](C)C(=O)[C@@H](C)C(=O)O[C@H](CC)[C@@]2(C)OC(=O)O[C@@H]2[C@H]1C. The van der Waals surface area contributed by atoms with Gasteiger partial charge in [0.2, 0.25) is 0 Å². The molecule has 1 aromatic rings. The molecule has 3 fully saturated rings. The fourth-order valence-electron chi connectivity index (χ4n) is 8.22. The number of carbonyl (C=O) groups excluding carboxylic acids is 4. The van der Waals surface area contributed by atoms with Crippen molar-refractivity contribution in [2.24, 2.45) is 28.8 Å². The van der Waals surface area contributed by atoms with E-state index in [0.717, 1.165) is 5.56 Å². The number of hydrogen-bond donors (Lipinski definition) is 1. The number of nitrogens with zero attached hydrogens (tertiary/aromatic N) is 2. The second-order valence-corrected chi connectivity index (χ2v) is 15.6. The molecule has 56 heavy (non-hydrogen) atoms. The molecule has 1 N–H and O–H groups in total. The van der Waals surface area contributed by atoms with Gasteiger partial charge in [0.25, 0.3) is 0 Å². The Morgan fingerprint density at radius 2 is 1.75 bits per heavy atom. The summed E-state index contributed by atoms with van der Waals surface area (Å²) in [7, 11) is 3.01. The summed E-state index contributed by atoms with van der Waals surface area (Å²) in [6.07, 6.45) is -5.61. The fourth-order valence-corrected chi connectivity index (χ4v) is 8.22. The number of fused-ring (bicyclic) bond motifs is 1. The molecular formula is C41H60N2O13. The summed E-state index contributed by atoms with van der Waals surface area (Å²) in [5, 5.41) is 16.3. The van der Waals surface area contributed by atoms with Crippen LogP contribution in [0, 0.1) is 23.7 Å². The van der Waals surface area contributed by atoms with Gasteiger partial charge in [-0.05, 0) is 52.5 Å². The van der Waals surface area contributed by atoms with Crippen LogP contribution in [0.3, 0.4) is 0 Å². The Kier molecular flexibility index (Phi) is 15.1. The van der Waals surface area contributed by atoms with E-state index in [2.05, 4.69) is 11.7 Å². The number of hydrogen-bond acceptors (Lipinski definition) is 14. The molecule has 3 aliphatic rings. The van der Waals surface area contributed by atoms with Crippen LogP contribution in [0.4, 0.5) is 9.59 Å². The smallest absolute Gasteiger partial charge is 0.457 e. The van der Waals surface area contributed by atoms with Gasteiger partial charge in [-0.3, -0.25) is 9.59 Å². The van der Waals surface area contributed by atoms with Crippen molar-refractivity contribution >= 4 is 29.7 Å². The number of carbonyl (C=O) groups is 4. The number of ketones is 1. The number of rotatable bonds is 10. The largest absolute Gasteiger partial charge is 0.509 e. The highest BCUT2D eigenvalue weighted by Gasteiger charge is 2.59. The lowest BCUT2D eigenvalue weighted by Crippen LogP contribution is -2.60. The van der Waals surface area contributed by atoms with Crippen molar-refractivity contribution in [1.29, 1.82) is 0 Å². The van der Waals surface area contributed by atoms with Crippen LogP contribution in [0.1, 0.15) is 80.2 Å². The van der Waals surface area contributed by atoms with Gasteiger partial charge in [0.05, 0.1) is 29.6 Å². The predicted octanol–water partition coefficient (Wildman–Crippen LogP) is 5.60. The van der Waals surface area contributed by atoms with Gasteiger partial charge in [0.1, 0.15) is 31.3 Å². The monoisotopic (exact) mass is 788 g/mol. The Morgan fingerprint density at radius 1 is 1.07 bits per heavy atom. The van der Waals surface area contributed by atoms with Gasteiger partial charge in [-0.1, -0.05) is 75.8 Å². The summed E-state index contributed by atoms with van der Waals surface area (Å²) in [5.74, 6) is -4.73. The van der Waals surface area contributed by atoms with Crippen LogP contribution in [0.25, 0.3) is 0 Å². The molecule has 0 saturated carbocycles. The molecule has 0 radical (unpaired) electrons. The highest BCUT2D eigenvalue weighted by molar-refractivity contribution is 6.00. The van der Waals surface area contributed by atoms with Crippen LogP contribution in [0.2, 0.25) is 0 Å². The lowest BCUT2D eigenvalue weighted by Gasteiger charge is -2.47. The van der Waals surface area contributed by atoms with Gasteiger partial charge in [-0.25, -0.2) is 9.59 Å². The summed E-state index contributed by atoms with van der Waals surface area (Å²) < 4.78 is 42.1. The summed E-state index contributed by atoms with van der Waals surface area (Å²) in [6, 6.07) is 8.45. The third-order valence-corrected chi connectivity index (χ3v) is 11.5. The van der Waals surface area contributed by atoms with Crippen LogP contribution in [0.15, 0.2) is 48.1 Å². The van der Waals surface area contributed by atoms with E-state index >= 15 is 0 Å². The standard InChI is InChI=1S/C41H60N2O13/c1-12-19-51-42-31-23(3)21-40(8,49-11)34(26(6)32(44)27(7)36(46)53-30(13-2)41(9)35(25(31)5)55-39(48)56-41)54-37-33(45)29(20-24(4)52-37)43(10)38(47)50-22-28-17-15-14-16-18-28/h12,14-18,23-27,29-30,33-35,37,45H,1,13,19-22H2,2-11H3/b42-31+/t23-,24-,25+,26+,27-,29+,30-,33-,34-,35-,37+,40+,41-/m1/s1. The normalized spacial score (nSPS) is 37.7. The van der Waals surface area contributed by atoms with E-state index in [0.29, 0.717) is 5.71 Å². The lowest BCUT2D eigenvalue weighted by atomic mass is 9.74. The number of amides is 1. The first-order chi connectivity index (χ1) is 26.4. The van der Waals surface area contributed by atoms with E-state index in [1.54, 1.807) is 40.7 Å². The molecule has 15 nitrogen and oxygen atoms in total. The maximum atomic E-state index is 14.3. The second kappa shape index (κ2) is 18.9. The van der Waals surface area contributed by atoms with Gasteiger partial charge >= 0.3 is 18.2 Å². The first kappa shape index (κ1) is 44.7. The molecule has 4 rings (SSSR count). The first-order valence-corrected chi connectivity index (χ1v) is 19.3. The fraction of sp³-hybridized carbons (Fsp3) is 0.683. The van der Waals surface area contributed by atoms with Crippen molar-refractivity contribution in [3.05, 3.63) is 48.6 Å². The minimum Gasteiger partial charge on any atom is -0.457 e. The van der Waals surface area contributed by atoms with Gasteiger partial charge in [-0.15, -0.1) is 0 Å². The lowest BCUT2D eigenvalue weighted by molar-refractivity contribution is -0.294. The molecule has 0 aliphatic carbocycles. The highest BCUT2D eigenvalue weighted by atomic mass is 16.8. The van der Waals surface area contributed by atoms with Gasteiger partial charge in [0, 0.05) is 31.9 Å². The van der Waals surface area contributed by atoms with Crippen LogP contribution in [-0.4, -0.2) is 115 Å². The average Bonchev–Trinajstić information content (AvgIpc) is 3.50. The van der Waals surface area contributed by atoms with Crippen molar-refractivity contribution in [3.8, 4) is 0 Å². The zero-order valence-corrected chi connectivity index (χ0v) is 34.3.